The van der Waals surface area contributed by atoms with E-state index in [-0.39, 0.29) is 0 Å². The van der Waals surface area contributed by atoms with Gasteiger partial charge in [0.2, 0.25) is 0 Å². The van der Waals surface area contributed by atoms with E-state index in [9.17, 15) is 0 Å². The van der Waals surface area contributed by atoms with E-state index >= 15 is 0 Å². The minimum absolute atomic E-state index is 0.533. The Balaban J connectivity index is 2.78. The maximum Gasteiger partial charge on any atom is 0.265 e. The average molecular weight is 291 g/mol. The van der Waals surface area contributed by atoms with E-state index in [2.05, 4.69) is 36.8 Å². The maximum atomic E-state index is 5.37. The van der Waals surface area contributed by atoms with Crippen molar-refractivity contribution in [1.82, 2.24) is 4.98 Å². The Bertz CT molecular complexity index is 410. The number of rotatable bonds is 1. The van der Waals surface area contributed by atoms with Crippen LogP contribution in [0.2, 0.25) is 0 Å². The highest BCUT2D eigenvalue weighted by atomic mass is 79.9. The summed E-state index contributed by atoms with van der Waals surface area (Å²) < 4.78 is 5.37. The van der Waals surface area contributed by atoms with E-state index in [4.69, 9.17) is 4.42 Å². The maximum absolute atomic E-state index is 5.37. The van der Waals surface area contributed by atoms with Crippen LogP contribution in [0.15, 0.2) is 27.4 Å². The monoisotopic (exact) mass is 289 g/mol. The van der Waals surface area contributed by atoms with Gasteiger partial charge in [-0.2, -0.15) is 0 Å². The van der Waals surface area contributed by atoms with Crippen LogP contribution >= 0.6 is 31.9 Å². The van der Waals surface area contributed by atoms with Crippen LogP contribution in [0.25, 0.3) is 11.1 Å². The number of hydrogen-bond acceptors (Lipinski definition) is 2. The van der Waals surface area contributed by atoms with Crippen molar-refractivity contribution in [2.75, 3.05) is 0 Å². The van der Waals surface area contributed by atoms with Gasteiger partial charge in [-0.25, -0.2) is 4.98 Å². The standard InChI is InChI=1S/C8H5Br2NO/c9-4-5-2-1-3-6-7(5)12-8(10)11-6/h1-3H,4H2. The Kier molecular flexibility index (Phi) is 2.19. The van der Waals surface area contributed by atoms with Crippen LogP contribution in [-0.2, 0) is 5.33 Å². The second-order valence-electron chi connectivity index (χ2n) is 2.37. The Morgan fingerprint density at radius 2 is 2.25 bits per heavy atom. The predicted octanol–water partition coefficient (Wildman–Crippen LogP) is 3.49. The molecule has 1 aromatic heterocycles. The third kappa shape index (κ3) is 1.29. The molecule has 0 fully saturated rings. The fourth-order valence-corrected chi connectivity index (χ4v) is 1.88. The zero-order valence-corrected chi connectivity index (χ0v) is 9.22. The van der Waals surface area contributed by atoms with E-state index in [1.54, 1.807) is 0 Å². The van der Waals surface area contributed by atoms with Crippen molar-refractivity contribution in [3.63, 3.8) is 0 Å². The largest absolute Gasteiger partial charge is 0.431 e. The first kappa shape index (κ1) is 8.26. The molecule has 0 amide bonds. The van der Waals surface area contributed by atoms with Crippen molar-refractivity contribution in [1.29, 1.82) is 0 Å². The molecular weight excluding hydrogens is 286 g/mol. The molecular formula is C8H5Br2NO. The molecule has 2 nitrogen and oxygen atoms in total. The van der Waals surface area contributed by atoms with Crippen LogP contribution in [-0.4, -0.2) is 4.98 Å². The van der Waals surface area contributed by atoms with Gasteiger partial charge in [-0.1, -0.05) is 28.1 Å². The van der Waals surface area contributed by atoms with Crippen molar-refractivity contribution >= 4 is 43.0 Å². The van der Waals surface area contributed by atoms with Crippen LogP contribution in [0, 0.1) is 0 Å². The fraction of sp³-hybridized carbons (Fsp3) is 0.125. The van der Waals surface area contributed by atoms with E-state index in [1.165, 1.54) is 0 Å². The number of alkyl halides is 1. The van der Waals surface area contributed by atoms with Crippen LogP contribution in [0.1, 0.15) is 5.56 Å². The molecule has 62 valence electrons. The lowest BCUT2D eigenvalue weighted by Gasteiger charge is -1.93. The summed E-state index contributed by atoms with van der Waals surface area (Å²) in [6.07, 6.45) is 0. The highest BCUT2D eigenvalue weighted by molar-refractivity contribution is 9.10. The summed E-state index contributed by atoms with van der Waals surface area (Å²) in [6, 6.07) is 5.90. The molecule has 0 bridgehead atoms. The zero-order chi connectivity index (χ0) is 8.55. The summed E-state index contributed by atoms with van der Waals surface area (Å²) in [6.45, 7) is 0. The summed E-state index contributed by atoms with van der Waals surface area (Å²) in [5.41, 5.74) is 2.85. The summed E-state index contributed by atoms with van der Waals surface area (Å²) in [5.74, 6) is 0. The fourth-order valence-electron chi connectivity index (χ4n) is 1.08. The highest BCUT2D eigenvalue weighted by Crippen LogP contribution is 2.23. The van der Waals surface area contributed by atoms with Crippen molar-refractivity contribution in [3.8, 4) is 0 Å². The topological polar surface area (TPSA) is 26.0 Å². The smallest absolute Gasteiger partial charge is 0.265 e. The number of benzene rings is 1. The van der Waals surface area contributed by atoms with Crippen molar-refractivity contribution in [2.45, 2.75) is 5.33 Å². The van der Waals surface area contributed by atoms with Gasteiger partial charge in [0.25, 0.3) is 4.80 Å². The van der Waals surface area contributed by atoms with Gasteiger partial charge in [-0.15, -0.1) is 0 Å². The van der Waals surface area contributed by atoms with E-state index in [0.717, 1.165) is 22.0 Å². The number of nitrogens with zero attached hydrogens (tertiary/aromatic N) is 1. The quantitative estimate of drug-likeness (QED) is 0.752. The van der Waals surface area contributed by atoms with Gasteiger partial charge in [0.1, 0.15) is 5.52 Å². The molecule has 0 aliphatic heterocycles. The second kappa shape index (κ2) is 3.18. The van der Waals surface area contributed by atoms with E-state index < -0.39 is 0 Å². The van der Waals surface area contributed by atoms with Crippen LogP contribution < -0.4 is 0 Å². The summed E-state index contributed by atoms with van der Waals surface area (Å²) in [7, 11) is 0. The number of hydrogen-bond donors (Lipinski definition) is 0. The number of fused-ring (bicyclic) bond motifs is 1. The zero-order valence-electron chi connectivity index (χ0n) is 6.05. The van der Waals surface area contributed by atoms with Gasteiger partial charge >= 0.3 is 0 Å². The Labute approximate surface area is 86.2 Å². The molecule has 0 radical (unpaired) electrons. The molecule has 0 atom stereocenters. The highest BCUT2D eigenvalue weighted by Gasteiger charge is 2.05. The minimum atomic E-state index is 0.533. The third-order valence-corrected chi connectivity index (χ3v) is 2.56. The molecule has 2 rings (SSSR count). The van der Waals surface area contributed by atoms with Gasteiger partial charge in [-0.3, -0.25) is 0 Å². The number of oxazole rings is 1. The first-order valence-corrected chi connectivity index (χ1v) is 5.32. The Morgan fingerprint density at radius 1 is 1.42 bits per heavy atom. The first-order valence-electron chi connectivity index (χ1n) is 3.41. The number of halogens is 2. The molecule has 0 saturated carbocycles. The average Bonchev–Trinajstić information content (AvgIpc) is 2.44. The molecule has 1 aromatic carbocycles. The lowest BCUT2D eigenvalue weighted by atomic mass is 10.2. The SMILES string of the molecule is BrCc1cccc2nc(Br)oc12. The molecule has 12 heavy (non-hydrogen) atoms. The van der Waals surface area contributed by atoms with Crippen molar-refractivity contribution < 1.29 is 4.42 Å². The number of para-hydroxylation sites is 1. The van der Waals surface area contributed by atoms with Crippen LogP contribution in [0.3, 0.4) is 0 Å². The third-order valence-electron chi connectivity index (χ3n) is 1.61. The lowest BCUT2D eigenvalue weighted by Crippen LogP contribution is -1.76. The molecule has 2 aromatic rings. The van der Waals surface area contributed by atoms with Gasteiger partial charge in [-0.05, 0) is 6.07 Å². The summed E-state index contributed by atoms with van der Waals surface area (Å²) in [4.78, 5) is 4.68. The van der Waals surface area contributed by atoms with Crippen LogP contribution in [0.5, 0.6) is 0 Å². The lowest BCUT2D eigenvalue weighted by molar-refractivity contribution is 0.568. The molecule has 0 N–H and O–H groups in total. The molecule has 0 unspecified atom stereocenters. The summed E-state index contributed by atoms with van der Waals surface area (Å²) >= 11 is 6.58. The molecule has 0 aliphatic carbocycles. The molecule has 0 saturated heterocycles. The van der Waals surface area contributed by atoms with E-state index in [0.29, 0.717) is 4.80 Å². The Hall–Kier alpha value is -0.350. The molecule has 4 heteroatoms. The minimum Gasteiger partial charge on any atom is -0.431 e. The second-order valence-corrected chi connectivity index (χ2v) is 3.60. The van der Waals surface area contributed by atoms with Gasteiger partial charge in [0.15, 0.2) is 5.58 Å². The number of aromatic nitrogens is 1. The van der Waals surface area contributed by atoms with Crippen molar-refractivity contribution in [3.05, 3.63) is 28.6 Å². The first-order chi connectivity index (χ1) is 5.81. The molecule has 0 spiro atoms. The predicted molar refractivity (Wildman–Crippen MR) is 54.3 cm³/mol. The van der Waals surface area contributed by atoms with Gasteiger partial charge < -0.3 is 4.42 Å². The molecule has 0 aliphatic rings. The summed E-state index contributed by atoms with van der Waals surface area (Å²) in [5, 5.41) is 0.784. The normalized spacial score (nSPS) is 10.8. The van der Waals surface area contributed by atoms with Crippen molar-refractivity contribution in [2.24, 2.45) is 0 Å². The molecule has 1 heterocycles. The van der Waals surface area contributed by atoms with Crippen LogP contribution in [0.4, 0.5) is 0 Å². The Morgan fingerprint density at radius 3 is 3.00 bits per heavy atom. The van der Waals surface area contributed by atoms with E-state index in [1.807, 2.05) is 18.2 Å². The van der Waals surface area contributed by atoms with Gasteiger partial charge in [0, 0.05) is 26.8 Å². The van der Waals surface area contributed by atoms with Gasteiger partial charge in [0.05, 0.1) is 0 Å².